The lowest BCUT2D eigenvalue weighted by Crippen LogP contribution is -2.08. The van der Waals surface area contributed by atoms with E-state index in [0.29, 0.717) is 11.0 Å². The van der Waals surface area contributed by atoms with Gasteiger partial charge in [-0.15, -0.1) is 0 Å². The Balaban J connectivity index is 1.74. The summed E-state index contributed by atoms with van der Waals surface area (Å²) >= 11 is 5.82. The van der Waals surface area contributed by atoms with Gasteiger partial charge in [-0.1, -0.05) is 23.7 Å². The maximum absolute atomic E-state index is 5.82. The van der Waals surface area contributed by atoms with Crippen LogP contribution in [-0.2, 0) is 0 Å². The summed E-state index contributed by atoms with van der Waals surface area (Å²) in [5.74, 6) is 0.648. The number of nitrogens with one attached hydrogen (secondary N) is 1. The van der Waals surface area contributed by atoms with E-state index in [9.17, 15) is 0 Å². The van der Waals surface area contributed by atoms with Crippen LogP contribution >= 0.6 is 11.6 Å². The first-order valence-corrected chi connectivity index (χ1v) is 6.79. The molecule has 0 radical (unpaired) electrons. The summed E-state index contributed by atoms with van der Waals surface area (Å²) in [6.07, 6.45) is 6.32. The van der Waals surface area contributed by atoms with Gasteiger partial charge in [-0.2, -0.15) is 5.10 Å². The number of rotatable bonds is 4. The maximum Gasteiger partial charge on any atom is 0.149 e. The van der Waals surface area contributed by atoms with Crippen LogP contribution in [-0.4, -0.2) is 24.7 Å². The topological polar surface area (TPSA) is 68.5 Å². The predicted octanol–water partition coefficient (Wildman–Crippen LogP) is 2.88. The third-order valence-electron chi connectivity index (χ3n) is 3.05. The van der Waals surface area contributed by atoms with E-state index in [1.807, 2.05) is 31.2 Å². The number of aromatic nitrogens is 5. The van der Waals surface area contributed by atoms with E-state index < -0.39 is 0 Å². The van der Waals surface area contributed by atoms with Gasteiger partial charge in [0.15, 0.2) is 0 Å². The quantitative estimate of drug-likeness (QED) is 0.802. The van der Waals surface area contributed by atoms with Crippen molar-refractivity contribution in [3.8, 4) is 5.69 Å². The second kappa shape index (κ2) is 5.88. The van der Waals surface area contributed by atoms with Crippen molar-refractivity contribution >= 4 is 17.4 Å². The summed E-state index contributed by atoms with van der Waals surface area (Å²) in [7, 11) is 0. The molecule has 21 heavy (non-hydrogen) atoms. The zero-order chi connectivity index (χ0) is 14.7. The molecule has 0 saturated carbocycles. The molecule has 3 rings (SSSR count). The van der Waals surface area contributed by atoms with Gasteiger partial charge in [-0.05, 0) is 24.6 Å². The number of hydrogen-bond donors (Lipinski definition) is 1. The Morgan fingerprint density at radius 3 is 2.62 bits per heavy atom. The van der Waals surface area contributed by atoms with Crippen molar-refractivity contribution in [1.82, 2.24) is 24.7 Å². The molecule has 0 aliphatic carbocycles. The molecule has 2 heterocycles. The summed E-state index contributed by atoms with van der Waals surface area (Å²) in [5.41, 5.74) is 2.09. The van der Waals surface area contributed by atoms with Crippen molar-refractivity contribution in [2.75, 3.05) is 5.32 Å². The van der Waals surface area contributed by atoms with E-state index in [1.165, 1.54) is 12.5 Å². The fourth-order valence-corrected chi connectivity index (χ4v) is 2.12. The van der Waals surface area contributed by atoms with Gasteiger partial charge >= 0.3 is 0 Å². The monoisotopic (exact) mass is 300 g/mol. The summed E-state index contributed by atoms with van der Waals surface area (Å²) in [6.45, 7) is 2.05. The minimum absolute atomic E-state index is 0.0857. The van der Waals surface area contributed by atoms with E-state index in [1.54, 1.807) is 17.2 Å². The molecule has 6 nitrogen and oxygen atoms in total. The zero-order valence-electron chi connectivity index (χ0n) is 11.3. The van der Waals surface area contributed by atoms with Crippen LogP contribution in [0.4, 0.5) is 5.82 Å². The molecule has 1 atom stereocenters. The van der Waals surface area contributed by atoms with Crippen LogP contribution in [0.3, 0.4) is 0 Å². The molecular weight excluding hydrogens is 288 g/mol. The van der Waals surface area contributed by atoms with Gasteiger partial charge in [0.2, 0.25) is 0 Å². The van der Waals surface area contributed by atoms with Crippen LogP contribution in [0.15, 0.2) is 49.3 Å². The second-order valence-electron chi connectivity index (χ2n) is 4.52. The van der Waals surface area contributed by atoms with Gasteiger partial charge in [-0.25, -0.2) is 14.6 Å². The first-order chi connectivity index (χ1) is 10.2. The second-order valence-corrected chi connectivity index (χ2v) is 4.91. The van der Waals surface area contributed by atoms with Crippen LogP contribution in [0.2, 0.25) is 5.15 Å². The van der Waals surface area contributed by atoms with Crippen LogP contribution in [0.1, 0.15) is 18.5 Å². The number of hydrogen-bond acceptors (Lipinski definition) is 5. The highest BCUT2D eigenvalue weighted by molar-refractivity contribution is 6.29. The molecule has 1 N–H and O–H groups in total. The van der Waals surface area contributed by atoms with Crippen LogP contribution in [0.5, 0.6) is 0 Å². The number of nitrogens with zero attached hydrogens (tertiary/aromatic N) is 5. The van der Waals surface area contributed by atoms with Crippen molar-refractivity contribution in [3.63, 3.8) is 0 Å². The number of anilines is 1. The standard InChI is InChI=1S/C14H13ClN6/c1-10(19-14-7-16-6-13(15)20-14)11-2-4-12(5-3-11)21-9-17-8-18-21/h2-10H,1H3,(H,19,20). The van der Waals surface area contributed by atoms with E-state index in [4.69, 9.17) is 11.6 Å². The van der Waals surface area contributed by atoms with E-state index in [0.717, 1.165) is 11.3 Å². The van der Waals surface area contributed by atoms with Crippen molar-refractivity contribution < 1.29 is 0 Å². The summed E-state index contributed by atoms with van der Waals surface area (Å²) in [6, 6.07) is 8.14. The third-order valence-corrected chi connectivity index (χ3v) is 3.23. The van der Waals surface area contributed by atoms with Gasteiger partial charge in [0.1, 0.15) is 23.6 Å². The zero-order valence-corrected chi connectivity index (χ0v) is 12.1. The minimum atomic E-state index is 0.0857. The normalized spacial score (nSPS) is 12.1. The van der Waals surface area contributed by atoms with Crippen molar-refractivity contribution in [2.24, 2.45) is 0 Å². The fourth-order valence-electron chi connectivity index (χ4n) is 1.97. The molecule has 106 valence electrons. The largest absolute Gasteiger partial charge is 0.362 e. The minimum Gasteiger partial charge on any atom is -0.362 e. The Kier molecular flexibility index (Phi) is 3.79. The molecule has 7 heteroatoms. The van der Waals surface area contributed by atoms with Gasteiger partial charge in [-0.3, -0.25) is 4.98 Å². The molecule has 0 saturated heterocycles. The Morgan fingerprint density at radius 2 is 1.95 bits per heavy atom. The molecule has 0 aliphatic heterocycles. The van der Waals surface area contributed by atoms with Gasteiger partial charge < -0.3 is 5.32 Å². The van der Waals surface area contributed by atoms with Gasteiger partial charge in [0.05, 0.1) is 18.1 Å². The maximum atomic E-state index is 5.82. The Hall–Kier alpha value is -2.47. The average Bonchev–Trinajstić information content (AvgIpc) is 3.01. The molecular formula is C14H13ClN6. The highest BCUT2D eigenvalue weighted by Crippen LogP contribution is 2.19. The lowest BCUT2D eigenvalue weighted by atomic mass is 10.1. The highest BCUT2D eigenvalue weighted by atomic mass is 35.5. The molecule has 0 fully saturated rings. The predicted molar refractivity (Wildman–Crippen MR) is 80.4 cm³/mol. The van der Waals surface area contributed by atoms with Crippen LogP contribution in [0, 0.1) is 0 Å². The molecule has 1 aromatic carbocycles. The molecule has 0 amide bonds. The smallest absolute Gasteiger partial charge is 0.149 e. The lowest BCUT2D eigenvalue weighted by Gasteiger charge is -2.15. The van der Waals surface area contributed by atoms with Crippen molar-refractivity contribution in [2.45, 2.75) is 13.0 Å². The molecule has 2 aromatic heterocycles. The summed E-state index contributed by atoms with van der Waals surface area (Å²) < 4.78 is 1.71. The van der Waals surface area contributed by atoms with E-state index in [-0.39, 0.29) is 6.04 Å². The summed E-state index contributed by atoms with van der Waals surface area (Å²) in [5, 5.41) is 7.73. The molecule has 1 unspecified atom stereocenters. The van der Waals surface area contributed by atoms with Crippen LogP contribution in [0.25, 0.3) is 5.69 Å². The Morgan fingerprint density at radius 1 is 1.14 bits per heavy atom. The Labute approximate surface area is 126 Å². The molecule has 3 aromatic rings. The fraction of sp³-hybridized carbons (Fsp3) is 0.143. The SMILES string of the molecule is CC(Nc1cncc(Cl)n1)c1ccc(-n2cncn2)cc1. The average molecular weight is 301 g/mol. The number of halogens is 1. The van der Waals surface area contributed by atoms with Crippen molar-refractivity contribution in [3.05, 3.63) is 60.0 Å². The van der Waals surface area contributed by atoms with Crippen molar-refractivity contribution in [1.29, 1.82) is 0 Å². The molecule has 0 spiro atoms. The Bertz CT molecular complexity index is 711. The first kappa shape index (κ1) is 13.5. The third kappa shape index (κ3) is 3.17. The van der Waals surface area contributed by atoms with Gasteiger partial charge in [0, 0.05) is 6.04 Å². The van der Waals surface area contributed by atoms with Crippen LogP contribution < -0.4 is 5.32 Å². The van der Waals surface area contributed by atoms with E-state index in [2.05, 4.69) is 25.4 Å². The first-order valence-electron chi connectivity index (χ1n) is 6.41. The highest BCUT2D eigenvalue weighted by Gasteiger charge is 2.07. The van der Waals surface area contributed by atoms with E-state index >= 15 is 0 Å². The molecule has 0 bridgehead atoms. The molecule has 0 aliphatic rings. The number of benzene rings is 1. The van der Waals surface area contributed by atoms with Gasteiger partial charge in [0.25, 0.3) is 0 Å². The lowest BCUT2D eigenvalue weighted by molar-refractivity contribution is 0.856. The summed E-state index contributed by atoms with van der Waals surface area (Å²) in [4.78, 5) is 12.1.